The number of hydrogen-bond acceptors (Lipinski definition) is 8. The number of carbonyl (C=O) groups is 1. The second-order valence-corrected chi connectivity index (χ2v) is 8.62. The van der Waals surface area contributed by atoms with Gasteiger partial charge in [0.2, 0.25) is 11.0 Å². The van der Waals surface area contributed by atoms with E-state index in [2.05, 4.69) is 25.7 Å². The number of hydrogen-bond donors (Lipinski definition) is 1. The number of nitrogens with zero attached hydrogens (tertiary/aromatic N) is 4. The molecule has 3 rings (SSSR count). The number of carbonyl (C=O) groups excluding carboxylic acids is 1. The smallest absolute Gasteiger partial charge is 0.236 e. The predicted octanol–water partition coefficient (Wildman–Crippen LogP) is 3.48. The monoisotopic (exact) mass is 355 g/mol. The molecule has 118 valence electrons. The third-order valence-corrected chi connectivity index (χ3v) is 6.45. The van der Waals surface area contributed by atoms with Gasteiger partial charge in [0.1, 0.15) is 10.0 Å². The molecule has 0 aliphatic heterocycles. The number of anilines is 1. The molecule has 1 amide bonds. The van der Waals surface area contributed by atoms with Crippen LogP contribution in [0.15, 0.2) is 4.34 Å². The Morgan fingerprint density at radius 2 is 2.00 bits per heavy atom. The average molecular weight is 356 g/mol. The summed E-state index contributed by atoms with van der Waals surface area (Å²) in [7, 11) is 0. The first-order valence-corrected chi connectivity index (χ1v) is 9.89. The van der Waals surface area contributed by atoms with Crippen LogP contribution in [-0.2, 0) is 4.79 Å². The maximum atomic E-state index is 11.9. The Morgan fingerprint density at radius 1 is 1.18 bits per heavy atom. The van der Waals surface area contributed by atoms with Crippen LogP contribution in [0.1, 0.15) is 48.0 Å². The maximum absolute atomic E-state index is 11.9. The van der Waals surface area contributed by atoms with E-state index in [1.54, 1.807) is 0 Å². The van der Waals surface area contributed by atoms with Crippen molar-refractivity contribution in [3.05, 3.63) is 10.0 Å². The van der Waals surface area contributed by atoms with Gasteiger partial charge in [-0.3, -0.25) is 10.1 Å². The Labute approximate surface area is 141 Å². The highest BCUT2D eigenvalue weighted by atomic mass is 32.2. The van der Waals surface area contributed by atoms with Gasteiger partial charge in [-0.15, -0.1) is 20.4 Å². The molecule has 1 aliphatic carbocycles. The molecule has 1 saturated carbocycles. The minimum atomic E-state index is -0.0794. The summed E-state index contributed by atoms with van der Waals surface area (Å²) in [6.07, 6.45) is 6.23. The number of aryl methyl sites for hydroxylation is 1. The lowest BCUT2D eigenvalue weighted by atomic mass is 9.90. The average Bonchev–Trinajstić information content (AvgIpc) is 3.15. The van der Waals surface area contributed by atoms with Gasteiger partial charge in [-0.25, -0.2) is 0 Å². The first kappa shape index (κ1) is 15.8. The number of aromatic nitrogens is 4. The SMILES string of the molecule is Cc1nnc(SCC(=O)Nc2nnc(C3CCCCC3)s2)s1. The summed E-state index contributed by atoms with van der Waals surface area (Å²) < 4.78 is 0.813. The Bertz CT molecular complexity index is 635. The molecular formula is C13H17N5OS3. The molecule has 2 aromatic heterocycles. The summed E-state index contributed by atoms with van der Waals surface area (Å²) in [5.74, 6) is 0.757. The summed E-state index contributed by atoms with van der Waals surface area (Å²) in [6.45, 7) is 1.90. The van der Waals surface area contributed by atoms with E-state index in [-0.39, 0.29) is 5.91 Å². The van der Waals surface area contributed by atoms with Gasteiger partial charge in [0.25, 0.3) is 0 Å². The zero-order valence-corrected chi connectivity index (χ0v) is 14.7. The summed E-state index contributed by atoms with van der Waals surface area (Å²) >= 11 is 4.39. The van der Waals surface area contributed by atoms with Crippen LogP contribution in [0.2, 0.25) is 0 Å². The standard InChI is InChI=1S/C13H17N5OS3/c1-8-15-18-13(21-8)20-7-10(19)14-12-17-16-11(22-12)9-5-3-2-4-6-9/h9H,2-7H2,1H3,(H,14,17,19). The lowest BCUT2D eigenvalue weighted by Crippen LogP contribution is -2.13. The number of rotatable bonds is 5. The minimum absolute atomic E-state index is 0.0794. The largest absolute Gasteiger partial charge is 0.300 e. The van der Waals surface area contributed by atoms with Crippen LogP contribution in [0.25, 0.3) is 0 Å². The molecule has 6 nitrogen and oxygen atoms in total. The first-order valence-electron chi connectivity index (χ1n) is 7.27. The Morgan fingerprint density at radius 3 is 2.73 bits per heavy atom. The zero-order chi connectivity index (χ0) is 15.4. The van der Waals surface area contributed by atoms with Gasteiger partial charge in [0.05, 0.1) is 5.75 Å². The van der Waals surface area contributed by atoms with E-state index in [4.69, 9.17) is 0 Å². The third kappa shape index (κ3) is 4.23. The van der Waals surface area contributed by atoms with E-state index in [9.17, 15) is 4.79 Å². The summed E-state index contributed by atoms with van der Waals surface area (Å²) in [5, 5.41) is 21.6. The van der Waals surface area contributed by atoms with E-state index in [1.807, 2.05) is 6.92 Å². The lowest BCUT2D eigenvalue weighted by molar-refractivity contribution is -0.113. The van der Waals surface area contributed by atoms with Gasteiger partial charge in [-0.05, 0) is 19.8 Å². The summed E-state index contributed by atoms with van der Waals surface area (Å²) in [4.78, 5) is 11.9. The lowest BCUT2D eigenvalue weighted by Gasteiger charge is -2.18. The van der Waals surface area contributed by atoms with Gasteiger partial charge < -0.3 is 0 Å². The van der Waals surface area contributed by atoms with Crippen LogP contribution >= 0.6 is 34.4 Å². The van der Waals surface area contributed by atoms with Crippen molar-refractivity contribution in [3.8, 4) is 0 Å². The summed E-state index contributed by atoms with van der Waals surface area (Å²) in [5.41, 5.74) is 0. The normalized spacial score (nSPS) is 15.9. The molecule has 22 heavy (non-hydrogen) atoms. The highest BCUT2D eigenvalue weighted by molar-refractivity contribution is 8.01. The highest BCUT2D eigenvalue weighted by Crippen LogP contribution is 2.35. The molecule has 0 spiro atoms. The van der Waals surface area contributed by atoms with Crippen LogP contribution in [0.4, 0.5) is 5.13 Å². The van der Waals surface area contributed by atoms with E-state index >= 15 is 0 Å². The molecule has 0 radical (unpaired) electrons. The van der Waals surface area contributed by atoms with Crippen LogP contribution in [0, 0.1) is 6.92 Å². The van der Waals surface area contributed by atoms with Crippen molar-refractivity contribution in [2.24, 2.45) is 0 Å². The molecule has 0 unspecified atom stereocenters. The van der Waals surface area contributed by atoms with E-state index in [1.165, 1.54) is 66.5 Å². The van der Waals surface area contributed by atoms with Crippen molar-refractivity contribution in [2.75, 3.05) is 11.1 Å². The zero-order valence-electron chi connectivity index (χ0n) is 12.2. The quantitative estimate of drug-likeness (QED) is 0.827. The van der Waals surface area contributed by atoms with Crippen LogP contribution < -0.4 is 5.32 Å². The number of thioether (sulfide) groups is 1. The van der Waals surface area contributed by atoms with Crippen molar-refractivity contribution in [1.29, 1.82) is 0 Å². The molecule has 0 bridgehead atoms. The molecule has 1 fully saturated rings. The second-order valence-electron chi connectivity index (χ2n) is 5.20. The van der Waals surface area contributed by atoms with Crippen LogP contribution in [-0.4, -0.2) is 32.1 Å². The van der Waals surface area contributed by atoms with Gasteiger partial charge in [-0.1, -0.05) is 53.7 Å². The topological polar surface area (TPSA) is 80.7 Å². The number of nitrogens with one attached hydrogen (secondary N) is 1. The Balaban J connectivity index is 1.50. The molecular weight excluding hydrogens is 338 g/mol. The van der Waals surface area contributed by atoms with Crippen LogP contribution in [0.3, 0.4) is 0 Å². The van der Waals surface area contributed by atoms with Crippen molar-refractivity contribution < 1.29 is 4.79 Å². The van der Waals surface area contributed by atoms with Gasteiger partial charge in [0.15, 0.2) is 4.34 Å². The van der Waals surface area contributed by atoms with E-state index in [0.717, 1.165) is 14.4 Å². The molecule has 0 saturated heterocycles. The third-order valence-electron chi connectivity index (χ3n) is 3.48. The summed E-state index contributed by atoms with van der Waals surface area (Å²) in [6, 6.07) is 0. The van der Waals surface area contributed by atoms with Crippen molar-refractivity contribution >= 4 is 45.5 Å². The fourth-order valence-corrected chi connectivity index (χ4v) is 4.96. The molecule has 1 N–H and O–H groups in total. The minimum Gasteiger partial charge on any atom is -0.300 e. The molecule has 1 aliphatic rings. The molecule has 0 atom stereocenters. The maximum Gasteiger partial charge on any atom is 0.236 e. The fourth-order valence-electron chi connectivity index (χ4n) is 2.42. The Hall–Kier alpha value is -1.06. The van der Waals surface area contributed by atoms with E-state index in [0.29, 0.717) is 16.8 Å². The molecule has 9 heteroatoms. The van der Waals surface area contributed by atoms with Gasteiger partial charge >= 0.3 is 0 Å². The first-order chi connectivity index (χ1) is 10.7. The van der Waals surface area contributed by atoms with Gasteiger partial charge in [0, 0.05) is 5.92 Å². The second kappa shape index (κ2) is 7.47. The molecule has 2 aromatic rings. The van der Waals surface area contributed by atoms with Crippen molar-refractivity contribution in [2.45, 2.75) is 49.3 Å². The predicted molar refractivity (Wildman–Crippen MR) is 89.7 cm³/mol. The van der Waals surface area contributed by atoms with Crippen molar-refractivity contribution in [1.82, 2.24) is 20.4 Å². The highest BCUT2D eigenvalue weighted by Gasteiger charge is 2.20. The van der Waals surface area contributed by atoms with Crippen molar-refractivity contribution in [3.63, 3.8) is 0 Å². The van der Waals surface area contributed by atoms with Crippen LogP contribution in [0.5, 0.6) is 0 Å². The fraction of sp³-hybridized carbons (Fsp3) is 0.615. The van der Waals surface area contributed by atoms with Gasteiger partial charge in [-0.2, -0.15) is 0 Å². The van der Waals surface area contributed by atoms with E-state index < -0.39 is 0 Å². The molecule has 0 aromatic carbocycles. The number of amides is 1. The Kier molecular flexibility index (Phi) is 5.37. The molecule has 2 heterocycles.